The van der Waals surface area contributed by atoms with E-state index in [1.807, 2.05) is 39.3 Å². The summed E-state index contributed by atoms with van der Waals surface area (Å²) in [5.41, 5.74) is -1.81. The Bertz CT molecular complexity index is 701. The molecule has 1 rings (SSSR count). The first-order valence-corrected chi connectivity index (χ1v) is 18.1. The van der Waals surface area contributed by atoms with E-state index in [0.717, 1.165) is 13.7 Å². The van der Waals surface area contributed by atoms with Gasteiger partial charge < -0.3 is 13.3 Å². The smallest absolute Gasteiger partial charge is 0.335 e. The molecule has 0 spiro atoms. The summed E-state index contributed by atoms with van der Waals surface area (Å²) in [7, 11) is -2.12. The van der Waals surface area contributed by atoms with E-state index < -0.39 is 42.0 Å². The lowest BCUT2D eigenvalue weighted by Gasteiger charge is -2.26. The molecule has 0 aliphatic carbocycles. The van der Waals surface area contributed by atoms with Crippen LogP contribution in [0.2, 0.25) is 39.3 Å². The molecule has 156 valence electrons. The lowest BCUT2D eigenvalue weighted by Crippen LogP contribution is -2.61. The molecule has 0 aromatic carbocycles. The van der Waals surface area contributed by atoms with E-state index in [4.69, 9.17) is 13.3 Å². The Balaban J connectivity index is 3.76. The van der Waals surface area contributed by atoms with Crippen LogP contribution in [0, 0.1) is 0 Å². The van der Waals surface area contributed by atoms with Crippen LogP contribution in [0.3, 0.4) is 0 Å². The number of hydrogen-bond acceptors (Lipinski definition) is 6. The first kappa shape index (κ1) is 24.0. The Labute approximate surface area is 162 Å². The summed E-state index contributed by atoms with van der Waals surface area (Å²) in [6.07, 6.45) is 0.516. The molecular weight excluding hydrogens is 402 g/mol. The minimum atomic E-state index is -2.28. The molecule has 0 bridgehead atoms. The van der Waals surface area contributed by atoms with Crippen molar-refractivity contribution in [3.8, 4) is 0 Å². The minimum Gasteiger partial charge on any atom is -0.419 e. The maximum atomic E-state index is 13.0. The van der Waals surface area contributed by atoms with Gasteiger partial charge in [-0.15, -0.1) is 0 Å². The third kappa shape index (κ3) is 5.96. The van der Waals surface area contributed by atoms with Gasteiger partial charge in [0.2, 0.25) is 25.0 Å². The van der Waals surface area contributed by atoms with Crippen molar-refractivity contribution in [1.82, 2.24) is 13.7 Å². The third-order valence-corrected chi connectivity index (χ3v) is 11.2. The monoisotopic (exact) mass is 435 g/mol. The van der Waals surface area contributed by atoms with Gasteiger partial charge in [-0.25, -0.2) is 28.1 Å². The molecule has 0 radical (unpaired) electrons. The molecular formula is C15H33N3O6Si3. The van der Waals surface area contributed by atoms with Crippen molar-refractivity contribution < 1.29 is 13.3 Å². The molecule has 0 atom stereocenters. The Morgan fingerprint density at radius 1 is 0.556 bits per heavy atom. The van der Waals surface area contributed by atoms with Gasteiger partial charge in [-0.2, -0.15) is 0 Å². The minimum absolute atomic E-state index is 0.172. The third-order valence-electron chi connectivity index (χ3n) is 4.66. The zero-order valence-corrected chi connectivity index (χ0v) is 20.9. The molecule has 0 saturated heterocycles. The van der Waals surface area contributed by atoms with Gasteiger partial charge in [0.15, 0.2) is 0 Å². The van der Waals surface area contributed by atoms with Crippen molar-refractivity contribution in [2.75, 3.05) is 21.3 Å². The van der Waals surface area contributed by atoms with Crippen LogP contribution in [0.5, 0.6) is 0 Å². The SMILES string of the molecule is CO[Si](C)(C)Cn1c(=O)n(C[Si](C)(C)OC)c(=O)n(C[Si](C)(C)OC)c1=O. The van der Waals surface area contributed by atoms with Gasteiger partial charge in [-0.05, 0) is 39.3 Å². The molecule has 0 fully saturated rings. The van der Waals surface area contributed by atoms with Crippen molar-refractivity contribution >= 4 is 25.0 Å². The van der Waals surface area contributed by atoms with Crippen molar-refractivity contribution in [1.29, 1.82) is 0 Å². The van der Waals surface area contributed by atoms with Crippen LogP contribution < -0.4 is 17.1 Å². The predicted molar refractivity (Wildman–Crippen MR) is 113 cm³/mol. The molecule has 1 aromatic rings. The second kappa shape index (κ2) is 8.53. The molecule has 0 unspecified atom stereocenters. The molecule has 27 heavy (non-hydrogen) atoms. The van der Waals surface area contributed by atoms with Crippen LogP contribution in [-0.2, 0) is 31.8 Å². The molecule has 0 amide bonds. The highest BCUT2D eigenvalue weighted by atomic mass is 28.4. The highest BCUT2D eigenvalue weighted by Gasteiger charge is 2.31. The summed E-state index contributed by atoms with van der Waals surface area (Å²) in [4.78, 5) is 39.0. The standard InChI is InChI=1S/C15H33N3O6Si3/c1-22-25(4,5)10-16-13(19)17(11-26(6,7)23-2)15(21)18(14(16)20)12-27(8,9)24-3/h10-12H2,1-9H3. The normalized spacial score (nSPS) is 13.2. The van der Waals surface area contributed by atoms with Crippen LogP contribution in [-0.4, -0.2) is 60.0 Å². The number of rotatable bonds is 9. The first-order valence-electron chi connectivity index (χ1n) is 8.80. The summed E-state index contributed by atoms with van der Waals surface area (Å²) >= 11 is 0. The number of nitrogens with zero attached hydrogens (tertiary/aromatic N) is 3. The number of aromatic nitrogens is 3. The Hall–Kier alpha value is -1.06. The van der Waals surface area contributed by atoms with E-state index in [2.05, 4.69) is 0 Å². The fourth-order valence-corrected chi connectivity index (χ4v) is 5.91. The zero-order chi connectivity index (χ0) is 21.2. The van der Waals surface area contributed by atoms with E-state index in [0.29, 0.717) is 0 Å². The molecule has 0 aliphatic rings. The van der Waals surface area contributed by atoms with Crippen molar-refractivity contribution in [3.63, 3.8) is 0 Å². The quantitative estimate of drug-likeness (QED) is 0.519. The van der Waals surface area contributed by atoms with Gasteiger partial charge in [0.05, 0.1) is 18.5 Å². The van der Waals surface area contributed by atoms with Gasteiger partial charge in [0.25, 0.3) is 0 Å². The molecule has 0 N–H and O–H groups in total. The lowest BCUT2D eigenvalue weighted by atomic mass is 10.8. The second-order valence-corrected chi connectivity index (χ2v) is 21.2. The first-order chi connectivity index (χ1) is 12.2. The van der Waals surface area contributed by atoms with Gasteiger partial charge >= 0.3 is 17.1 Å². The van der Waals surface area contributed by atoms with E-state index in [1.54, 1.807) is 21.3 Å². The summed E-state index contributed by atoms with van der Waals surface area (Å²) < 4.78 is 20.0. The fourth-order valence-electron chi connectivity index (χ4n) is 2.42. The van der Waals surface area contributed by atoms with E-state index >= 15 is 0 Å². The highest BCUT2D eigenvalue weighted by Crippen LogP contribution is 2.07. The Morgan fingerprint density at radius 2 is 0.741 bits per heavy atom. The maximum absolute atomic E-state index is 13.0. The van der Waals surface area contributed by atoms with Gasteiger partial charge in [-0.1, -0.05) is 0 Å². The van der Waals surface area contributed by atoms with Gasteiger partial charge in [0.1, 0.15) is 0 Å². The van der Waals surface area contributed by atoms with Crippen LogP contribution in [0.25, 0.3) is 0 Å². The van der Waals surface area contributed by atoms with Crippen molar-refractivity contribution in [2.24, 2.45) is 0 Å². The van der Waals surface area contributed by atoms with Crippen LogP contribution in [0.1, 0.15) is 0 Å². The summed E-state index contributed by atoms with van der Waals surface area (Å²) in [5, 5.41) is 0. The maximum Gasteiger partial charge on any atom is 0.335 e. The summed E-state index contributed by atoms with van der Waals surface area (Å²) in [6, 6.07) is 0. The van der Waals surface area contributed by atoms with Crippen LogP contribution in [0.15, 0.2) is 14.4 Å². The largest absolute Gasteiger partial charge is 0.419 e. The summed E-state index contributed by atoms with van der Waals surface area (Å²) in [5.74, 6) is 0. The topological polar surface area (TPSA) is 93.7 Å². The second-order valence-electron chi connectivity index (χ2n) is 8.50. The lowest BCUT2D eigenvalue weighted by molar-refractivity contribution is 0.371. The zero-order valence-electron chi connectivity index (χ0n) is 17.9. The van der Waals surface area contributed by atoms with Crippen LogP contribution in [0.4, 0.5) is 0 Å². The average molecular weight is 436 g/mol. The number of hydrogen-bond donors (Lipinski definition) is 0. The van der Waals surface area contributed by atoms with Crippen molar-refractivity contribution in [3.05, 3.63) is 31.5 Å². The average Bonchev–Trinajstić information content (AvgIpc) is 2.59. The van der Waals surface area contributed by atoms with Crippen molar-refractivity contribution in [2.45, 2.75) is 57.8 Å². The molecule has 0 saturated carbocycles. The van der Waals surface area contributed by atoms with E-state index in [-0.39, 0.29) is 18.5 Å². The molecule has 12 heteroatoms. The van der Waals surface area contributed by atoms with Crippen LogP contribution >= 0.6 is 0 Å². The van der Waals surface area contributed by atoms with E-state index in [9.17, 15) is 14.4 Å². The Kier molecular flexibility index (Phi) is 7.57. The van der Waals surface area contributed by atoms with Gasteiger partial charge in [0, 0.05) is 21.3 Å². The molecule has 9 nitrogen and oxygen atoms in total. The highest BCUT2D eigenvalue weighted by molar-refractivity contribution is 6.70. The Morgan fingerprint density at radius 3 is 0.889 bits per heavy atom. The molecule has 0 aliphatic heterocycles. The molecule has 1 heterocycles. The summed E-state index contributed by atoms with van der Waals surface area (Å²) in [6.45, 7) is 11.5. The predicted octanol–water partition coefficient (Wildman–Crippen LogP) is 0.344. The van der Waals surface area contributed by atoms with Gasteiger partial charge in [-0.3, -0.25) is 0 Å². The fraction of sp³-hybridized carbons (Fsp3) is 0.800. The molecule has 1 aromatic heterocycles. The van der Waals surface area contributed by atoms with E-state index in [1.165, 1.54) is 0 Å².